The summed E-state index contributed by atoms with van der Waals surface area (Å²) in [6.45, 7) is 6.65. The van der Waals surface area contributed by atoms with Crippen molar-refractivity contribution in [2.45, 2.75) is 27.2 Å². The van der Waals surface area contributed by atoms with Gasteiger partial charge in [-0.25, -0.2) is 9.97 Å². The SMILES string of the molecule is CC(C)(C)Cc1ccnc2nccnc12. The molecule has 0 N–H and O–H groups in total. The van der Waals surface area contributed by atoms with Crippen molar-refractivity contribution >= 4 is 11.2 Å². The molecule has 15 heavy (non-hydrogen) atoms. The van der Waals surface area contributed by atoms with Crippen molar-refractivity contribution in [1.29, 1.82) is 0 Å². The lowest BCUT2D eigenvalue weighted by Gasteiger charge is -2.18. The minimum absolute atomic E-state index is 0.256. The minimum atomic E-state index is 0.256. The van der Waals surface area contributed by atoms with Crippen LogP contribution in [-0.2, 0) is 6.42 Å². The van der Waals surface area contributed by atoms with Crippen LogP contribution in [-0.4, -0.2) is 15.0 Å². The Hall–Kier alpha value is -1.51. The molecular weight excluding hydrogens is 186 g/mol. The smallest absolute Gasteiger partial charge is 0.178 e. The quantitative estimate of drug-likeness (QED) is 0.712. The molecule has 2 aromatic rings. The van der Waals surface area contributed by atoms with Gasteiger partial charge in [0, 0.05) is 18.6 Å². The zero-order valence-electron chi connectivity index (χ0n) is 9.36. The van der Waals surface area contributed by atoms with Gasteiger partial charge in [-0.2, -0.15) is 0 Å². The largest absolute Gasteiger partial charge is 0.251 e. The molecule has 2 heterocycles. The summed E-state index contributed by atoms with van der Waals surface area (Å²) < 4.78 is 0. The first-order chi connectivity index (χ1) is 7.06. The lowest BCUT2D eigenvalue weighted by molar-refractivity contribution is 0.412. The molecule has 2 aromatic heterocycles. The minimum Gasteiger partial charge on any atom is -0.251 e. The Morgan fingerprint density at radius 3 is 2.40 bits per heavy atom. The number of hydrogen-bond donors (Lipinski definition) is 0. The molecule has 78 valence electrons. The molecule has 0 atom stereocenters. The van der Waals surface area contributed by atoms with Gasteiger partial charge in [0.2, 0.25) is 0 Å². The van der Waals surface area contributed by atoms with E-state index in [0.29, 0.717) is 0 Å². The van der Waals surface area contributed by atoms with Gasteiger partial charge in [0.15, 0.2) is 5.65 Å². The summed E-state index contributed by atoms with van der Waals surface area (Å²) >= 11 is 0. The Morgan fingerprint density at radius 1 is 1.00 bits per heavy atom. The highest BCUT2D eigenvalue weighted by atomic mass is 14.9. The second-order valence-electron chi connectivity index (χ2n) is 4.94. The van der Waals surface area contributed by atoms with E-state index in [1.807, 2.05) is 6.07 Å². The van der Waals surface area contributed by atoms with E-state index in [1.54, 1.807) is 18.6 Å². The predicted octanol–water partition coefficient (Wildman–Crippen LogP) is 2.61. The fraction of sp³-hybridized carbons (Fsp3) is 0.417. The molecular formula is C12H15N3. The first kappa shape index (κ1) is 10.0. The number of hydrogen-bond acceptors (Lipinski definition) is 3. The zero-order valence-corrected chi connectivity index (χ0v) is 9.36. The highest BCUT2D eigenvalue weighted by molar-refractivity contribution is 5.73. The first-order valence-electron chi connectivity index (χ1n) is 5.11. The Labute approximate surface area is 89.6 Å². The predicted molar refractivity (Wildman–Crippen MR) is 60.5 cm³/mol. The van der Waals surface area contributed by atoms with Crippen molar-refractivity contribution in [3.8, 4) is 0 Å². The normalized spacial score (nSPS) is 11.9. The molecule has 0 fully saturated rings. The van der Waals surface area contributed by atoms with Crippen LogP contribution in [0.5, 0.6) is 0 Å². The van der Waals surface area contributed by atoms with Crippen LogP contribution in [0.3, 0.4) is 0 Å². The summed E-state index contributed by atoms with van der Waals surface area (Å²) in [7, 11) is 0. The molecule has 0 aliphatic carbocycles. The van der Waals surface area contributed by atoms with Gasteiger partial charge in [-0.1, -0.05) is 20.8 Å². The number of aromatic nitrogens is 3. The molecule has 0 bridgehead atoms. The summed E-state index contributed by atoms with van der Waals surface area (Å²) in [5.41, 5.74) is 3.14. The second kappa shape index (κ2) is 3.57. The van der Waals surface area contributed by atoms with Crippen molar-refractivity contribution < 1.29 is 0 Å². The van der Waals surface area contributed by atoms with Gasteiger partial charge in [0.1, 0.15) is 5.52 Å². The van der Waals surface area contributed by atoms with Crippen LogP contribution in [0, 0.1) is 5.41 Å². The third-order valence-corrected chi connectivity index (χ3v) is 2.18. The maximum atomic E-state index is 4.34. The van der Waals surface area contributed by atoms with Crippen LogP contribution in [0.1, 0.15) is 26.3 Å². The zero-order chi connectivity index (χ0) is 10.9. The molecule has 2 rings (SSSR count). The second-order valence-corrected chi connectivity index (χ2v) is 4.94. The fourth-order valence-corrected chi connectivity index (χ4v) is 1.64. The Bertz CT molecular complexity index is 466. The summed E-state index contributed by atoms with van der Waals surface area (Å²) in [6, 6.07) is 2.03. The van der Waals surface area contributed by atoms with Crippen molar-refractivity contribution in [2.75, 3.05) is 0 Å². The Morgan fingerprint density at radius 2 is 1.67 bits per heavy atom. The van der Waals surface area contributed by atoms with Crippen molar-refractivity contribution in [2.24, 2.45) is 5.41 Å². The molecule has 0 unspecified atom stereocenters. The van der Waals surface area contributed by atoms with Crippen molar-refractivity contribution in [1.82, 2.24) is 15.0 Å². The first-order valence-corrected chi connectivity index (χ1v) is 5.11. The Balaban J connectivity index is 2.52. The molecule has 0 radical (unpaired) electrons. The number of pyridine rings is 1. The van der Waals surface area contributed by atoms with Gasteiger partial charge in [-0.3, -0.25) is 4.98 Å². The van der Waals surface area contributed by atoms with E-state index in [4.69, 9.17) is 0 Å². The van der Waals surface area contributed by atoms with Crippen LogP contribution in [0.25, 0.3) is 11.2 Å². The standard InChI is InChI=1S/C12H15N3/c1-12(2,3)8-9-4-5-14-11-10(9)13-6-7-15-11/h4-7H,8H2,1-3H3. The summed E-state index contributed by atoms with van der Waals surface area (Å²) in [5.74, 6) is 0. The molecule has 3 nitrogen and oxygen atoms in total. The molecule has 0 aromatic carbocycles. The van der Waals surface area contributed by atoms with Crippen LogP contribution in [0.15, 0.2) is 24.7 Å². The summed E-state index contributed by atoms with van der Waals surface area (Å²) in [5, 5.41) is 0. The van der Waals surface area contributed by atoms with Crippen molar-refractivity contribution in [3.63, 3.8) is 0 Å². The van der Waals surface area contributed by atoms with Gasteiger partial charge < -0.3 is 0 Å². The van der Waals surface area contributed by atoms with E-state index in [0.717, 1.165) is 17.6 Å². The number of nitrogens with zero attached hydrogens (tertiary/aromatic N) is 3. The molecule has 0 aliphatic rings. The topological polar surface area (TPSA) is 38.7 Å². The molecule has 0 spiro atoms. The maximum absolute atomic E-state index is 4.34. The highest BCUT2D eigenvalue weighted by Gasteiger charge is 2.14. The van der Waals surface area contributed by atoms with E-state index in [-0.39, 0.29) is 5.41 Å². The maximum Gasteiger partial charge on any atom is 0.178 e. The molecule has 0 aliphatic heterocycles. The monoisotopic (exact) mass is 201 g/mol. The summed E-state index contributed by atoms with van der Waals surface area (Å²) in [6.07, 6.45) is 6.19. The van der Waals surface area contributed by atoms with Gasteiger partial charge in [0.25, 0.3) is 0 Å². The molecule has 3 heteroatoms. The lowest BCUT2D eigenvalue weighted by Crippen LogP contribution is -2.10. The van der Waals surface area contributed by atoms with Crippen LogP contribution < -0.4 is 0 Å². The van der Waals surface area contributed by atoms with Crippen LogP contribution in [0.4, 0.5) is 0 Å². The third-order valence-electron chi connectivity index (χ3n) is 2.18. The van der Waals surface area contributed by atoms with Crippen LogP contribution in [0.2, 0.25) is 0 Å². The van der Waals surface area contributed by atoms with Gasteiger partial charge in [-0.05, 0) is 23.5 Å². The van der Waals surface area contributed by atoms with E-state index in [2.05, 4.69) is 35.7 Å². The van der Waals surface area contributed by atoms with Gasteiger partial charge in [-0.15, -0.1) is 0 Å². The van der Waals surface area contributed by atoms with Crippen molar-refractivity contribution in [3.05, 3.63) is 30.2 Å². The van der Waals surface area contributed by atoms with Crippen LogP contribution >= 0.6 is 0 Å². The lowest BCUT2D eigenvalue weighted by atomic mass is 9.88. The van der Waals surface area contributed by atoms with E-state index in [9.17, 15) is 0 Å². The molecule has 0 saturated carbocycles. The average Bonchev–Trinajstić information content (AvgIpc) is 2.16. The van der Waals surface area contributed by atoms with E-state index in [1.165, 1.54) is 5.56 Å². The summed E-state index contributed by atoms with van der Waals surface area (Å²) in [4.78, 5) is 12.7. The molecule has 0 amide bonds. The van der Waals surface area contributed by atoms with E-state index >= 15 is 0 Å². The molecule has 0 saturated heterocycles. The number of rotatable bonds is 1. The van der Waals surface area contributed by atoms with E-state index < -0.39 is 0 Å². The third kappa shape index (κ3) is 2.29. The number of fused-ring (bicyclic) bond motifs is 1. The fourth-order valence-electron chi connectivity index (χ4n) is 1.64. The Kier molecular flexibility index (Phi) is 2.39. The van der Waals surface area contributed by atoms with Gasteiger partial charge in [0.05, 0.1) is 0 Å². The highest BCUT2D eigenvalue weighted by Crippen LogP contribution is 2.23. The van der Waals surface area contributed by atoms with Gasteiger partial charge >= 0.3 is 0 Å². The average molecular weight is 201 g/mol.